The van der Waals surface area contributed by atoms with E-state index in [0.717, 1.165) is 15.7 Å². The third-order valence-corrected chi connectivity index (χ3v) is 3.26. The van der Waals surface area contributed by atoms with Gasteiger partial charge in [0.2, 0.25) is 0 Å². The van der Waals surface area contributed by atoms with E-state index in [9.17, 15) is 4.21 Å². The normalized spacial score (nSPS) is 12.9. The average Bonchev–Trinajstić information content (AvgIpc) is 2.27. The lowest BCUT2D eigenvalue weighted by Crippen LogP contribution is -2.10. The standard InChI is InChI=1S/C11H11NOS/c1-12-14(13)11-8-4-6-9-5-2-3-7-10(9)11/h2-8,12H,1H3. The number of nitrogens with one attached hydrogen (secondary N) is 1. The molecular weight excluding hydrogens is 194 g/mol. The van der Waals surface area contributed by atoms with Crippen LogP contribution < -0.4 is 4.72 Å². The van der Waals surface area contributed by atoms with Gasteiger partial charge in [0.25, 0.3) is 0 Å². The third kappa shape index (κ3) is 1.56. The molecule has 0 saturated carbocycles. The van der Waals surface area contributed by atoms with Crippen molar-refractivity contribution in [3.05, 3.63) is 42.5 Å². The lowest BCUT2D eigenvalue weighted by molar-refractivity contribution is 0.678. The number of fused-ring (bicyclic) bond motifs is 1. The Balaban J connectivity index is 2.71. The smallest absolute Gasteiger partial charge is 0.125 e. The van der Waals surface area contributed by atoms with E-state index in [1.54, 1.807) is 7.05 Å². The summed E-state index contributed by atoms with van der Waals surface area (Å²) in [5.74, 6) is 0. The molecular formula is C11H11NOS. The molecule has 2 aromatic carbocycles. The van der Waals surface area contributed by atoms with E-state index in [2.05, 4.69) is 4.72 Å². The topological polar surface area (TPSA) is 29.1 Å². The Labute approximate surface area is 85.5 Å². The Morgan fingerprint density at radius 1 is 1.07 bits per heavy atom. The third-order valence-electron chi connectivity index (χ3n) is 2.13. The van der Waals surface area contributed by atoms with Crippen molar-refractivity contribution < 1.29 is 4.21 Å². The summed E-state index contributed by atoms with van der Waals surface area (Å²) in [6.07, 6.45) is 0. The summed E-state index contributed by atoms with van der Waals surface area (Å²) in [6, 6.07) is 13.8. The fraction of sp³-hybridized carbons (Fsp3) is 0.0909. The van der Waals surface area contributed by atoms with Gasteiger partial charge in [-0.15, -0.1) is 0 Å². The summed E-state index contributed by atoms with van der Waals surface area (Å²) in [7, 11) is 0.577. The molecule has 0 saturated heterocycles. The Hall–Kier alpha value is -1.19. The first-order valence-corrected chi connectivity index (χ1v) is 5.55. The minimum absolute atomic E-state index is 0.839. The van der Waals surface area contributed by atoms with Crippen molar-refractivity contribution >= 4 is 21.8 Å². The minimum atomic E-state index is -1.11. The van der Waals surface area contributed by atoms with E-state index in [-0.39, 0.29) is 0 Å². The van der Waals surface area contributed by atoms with Crippen LogP contribution in [0.15, 0.2) is 47.4 Å². The van der Waals surface area contributed by atoms with Crippen molar-refractivity contribution in [3.63, 3.8) is 0 Å². The molecule has 1 atom stereocenters. The zero-order chi connectivity index (χ0) is 9.97. The molecule has 0 aliphatic rings. The average molecular weight is 205 g/mol. The maximum atomic E-state index is 11.6. The SMILES string of the molecule is CNS(=O)c1cccc2ccccc12. The van der Waals surface area contributed by atoms with E-state index in [1.165, 1.54) is 0 Å². The van der Waals surface area contributed by atoms with Crippen LogP contribution in [-0.4, -0.2) is 11.3 Å². The van der Waals surface area contributed by atoms with Gasteiger partial charge in [0.15, 0.2) is 0 Å². The second kappa shape index (κ2) is 3.90. The van der Waals surface area contributed by atoms with Gasteiger partial charge in [-0.05, 0) is 23.9 Å². The molecule has 2 aromatic rings. The zero-order valence-electron chi connectivity index (χ0n) is 7.86. The highest BCUT2D eigenvalue weighted by Crippen LogP contribution is 2.20. The van der Waals surface area contributed by atoms with Crippen molar-refractivity contribution in [2.75, 3.05) is 7.05 Å². The first kappa shape index (κ1) is 9.37. The van der Waals surface area contributed by atoms with Crippen molar-refractivity contribution in [2.24, 2.45) is 0 Å². The van der Waals surface area contributed by atoms with Gasteiger partial charge in [-0.25, -0.2) is 8.93 Å². The van der Waals surface area contributed by atoms with Crippen LogP contribution in [0.5, 0.6) is 0 Å². The quantitative estimate of drug-likeness (QED) is 0.799. The Kier molecular flexibility index (Phi) is 2.61. The highest BCUT2D eigenvalue weighted by Gasteiger charge is 2.04. The molecule has 1 N–H and O–H groups in total. The monoisotopic (exact) mass is 205 g/mol. The van der Waals surface area contributed by atoms with Crippen molar-refractivity contribution in [1.29, 1.82) is 0 Å². The fourth-order valence-corrected chi connectivity index (χ4v) is 2.28. The largest absolute Gasteiger partial charge is 0.237 e. The molecule has 2 nitrogen and oxygen atoms in total. The highest BCUT2D eigenvalue weighted by molar-refractivity contribution is 7.83. The van der Waals surface area contributed by atoms with Gasteiger partial charge in [-0.1, -0.05) is 36.4 Å². The molecule has 1 unspecified atom stereocenters. The lowest BCUT2D eigenvalue weighted by atomic mass is 10.1. The van der Waals surface area contributed by atoms with Gasteiger partial charge in [0, 0.05) is 0 Å². The maximum absolute atomic E-state index is 11.6. The Morgan fingerprint density at radius 2 is 1.79 bits per heavy atom. The summed E-state index contributed by atoms with van der Waals surface area (Å²) in [6.45, 7) is 0. The van der Waals surface area contributed by atoms with E-state index < -0.39 is 11.0 Å². The van der Waals surface area contributed by atoms with Crippen LogP contribution in [0, 0.1) is 0 Å². The summed E-state index contributed by atoms with van der Waals surface area (Å²) >= 11 is 0. The molecule has 14 heavy (non-hydrogen) atoms. The Morgan fingerprint density at radius 3 is 2.57 bits per heavy atom. The van der Waals surface area contributed by atoms with E-state index in [4.69, 9.17) is 0 Å². The van der Waals surface area contributed by atoms with Gasteiger partial charge in [-0.2, -0.15) is 0 Å². The first-order chi connectivity index (χ1) is 6.83. The van der Waals surface area contributed by atoms with E-state index in [0.29, 0.717) is 0 Å². The van der Waals surface area contributed by atoms with Gasteiger partial charge < -0.3 is 0 Å². The second-order valence-corrected chi connectivity index (χ2v) is 4.34. The molecule has 0 amide bonds. The van der Waals surface area contributed by atoms with Crippen molar-refractivity contribution in [3.8, 4) is 0 Å². The molecule has 0 aromatic heterocycles. The van der Waals surface area contributed by atoms with Crippen LogP contribution in [-0.2, 0) is 11.0 Å². The molecule has 0 radical (unpaired) electrons. The summed E-state index contributed by atoms with van der Waals surface area (Å²) in [4.78, 5) is 0.839. The number of hydrogen-bond acceptors (Lipinski definition) is 1. The molecule has 3 heteroatoms. The molecule has 0 aliphatic carbocycles. The number of rotatable bonds is 2. The van der Waals surface area contributed by atoms with Crippen LogP contribution >= 0.6 is 0 Å². The minimum Gasteiger partial charge on any atom is -0.237 e. The first-order valence-electron chi connectivity index (χ1n) is 4.40. The predicted octanol–water partition coefficient (Wildman–Crippen LogP) is 2.08. The second-order valence-electron chi connectivity index (χ2n) is 2.95. The number of hydrogen-bond donors (Lipinski definition) is 1. The molecule has 72 valence electrons. The van der Waals surface area contributed by atoms with Gasteiger partial charge >= 0.3 is 0 Å². The van der Waals surface area contributed by atoms with E-state index in [1.807, 2.05) is 42.5 Å². The molecule has 0 fully saturated rings. The molecule has 0 heterocycles. The summed E-state index contributed by atoms with van der Waals surface area (Å²) in [5, 5.41) is 2.16. The maximum Gasteiger partial charge on any atom is 0.125 e. The predicted molar refractivity (Wildman–Crippen MR) is 59.4 cm³/mol. The Bertz CT molecular complexity index is 476. The highest BCUT2D eigenvalue weighted by atomic mass is 32.2. The van der Waals surface area contributed by atoms with Gasteiger partial charge in [0.05, 0.1) is 4.90 Å². The molecule has 2 rings (SSSR count). The van der Waals surface area contributed by atoms with Crippen LogP contribution in [0.3, 0.4) is 0 Å². The van der Waals surface area contributed by atoms with Crippen LogP contribution in [0.1, 0.15) is 0 Å². The van der Waals surface area contributed by atoms with Gasteiger partial charge in [0.1, 0.15) is 11.0 Å². The van der Waals surface area contributed by atoms with Crippen LogP contribution in [0.4, 0.5) is 0 Å². The van der Waals surface area contributed by atoms with E-state index >= 15 is 0 Å². The fourth-order valence-electron chi connectivity index (χ4n) is 1.47. The summed E-state index contributed by atoms with van der Waals surface area (Å²) in [5.41, 5.74) is 0. The number of benzene rings is 2. The molecule has 0 bridgehead atoms. The molecule has 0 spiro atoms. The van der Waals surface area contributed by atoms with Crippen LogP contribution in [0.2, 0.25) is 0 Å². The van der Waals surface area contributed by atoms with Crippen molar-refractivity contribution in [2.45, 2.75) is 4.90 Å². The summed E-state index contributed by atoms with van der Waals surface area (Å²) < 4.78 is 14.4. The van der Waals surface area contributed by atoms with Crippen molar-refractivity contribution in [1.82, 2.24) is 4.72 Å². The van der Waals surface area contributed by atoms with Gasteiger partial charge in [-0.3, -0.25) is 0 Å². The molecule has 0 aliphatic heterocycles. The van der Waals surface area contributed by atoms with Crippen LogP contribution in [0.25, 0.3) is 10.8 Å². The lowest BCUT2D eigenvalue weighted by Gasteiger charge is -2.04. The zero-order valence-corrected chi connectivity index (χ0v) is 8.67.